The van der Waals surface area contributed by atoms with Crippen LogP contribution in [0.4, 0.5) is 26.3 Å². The van der Waals surface area contributed by atoms with Crippen molar-refractivity contribution < 1.29 is 26.3 Å². The molecule has 2 aromatic carbocycles. The van der Waals surface area contributed by atoms with Crippen LogP contribution in [-0.2, 0) is 6.18 Å². The Morgan fingerprint density at radius 2 is 1.50 bits per heavy atom. The van der Waals surface area contributed by atoms with Gasteiger partial charge in [-0.05, 0) is 36.2 Å². The Morgan fingerprint density at radius 3 is 2.05 bits per heavy atom. The second kappa shape index (κ2) is 4.85. The normalized spacial score (nSPS) is 11.8. The summed E-state index contributed by atoms with van der Waals surface area (Å²) in [5, 5.41) is 0. The predicted molar refractivity (Wildman–Crippen MR) is 61.5 cm³/mol. The van der Waals surface area contributed by atoms with E-state index >= 15 is 0 Å². The Kier molecular flexibility index (Phi) is 3.50. The molecule has 0 saturated heterocycles. The number of alkyl halides is 3. The van der Waals surface area contributed by atoms with Crippen molar-refractivity contribution in [1.29, 1.82) is 0 Å². The molecular weight excluding hydrogens is 282 g/mol. The molecule has 2 rings (SSSR count). The van der Waals surface area contributed by atoms with Gasteiger partial charge in [-0.15, -0.1) is 0 Å². The van der Waals surface area contributed by atoms with E-state index in [1.807, 2.05) is 0 Å². The van der Waals surface area contributed by atoms with Crippen molar-refractivity contribution in [3.63, 3.8) is 0 Å². The summed E-state index contributed by atoms with van der Waals surface area (Å²) in [6.45, 7) is 1.46. The van der Waals surface area contributed by atoms with Crippen LogP contribution in [0, 0.1) is 24.4 Å². The summed E-state index contributed by atoms with van der Waals surface area (Å²) in [5.74, 6) is -4.13. The highest BCUT2D eigenvalue weighted by atomic mass is 19.4. The first-order chi connectivity index (χ1) is 9.21. The van der Waals surface area contributed by atoms with Gasteiger partial charge in [0.2, 0.25) is 0 Å². The highest BCUT2D eigenvalue weighted by Crippen LogP contribution is 2.37. The van der Waals surface area contributed by atoms with Crippen LogP contribution >= 0.6 is 0 Å². The first-order valence-electron chi connectivity index (χ1n) is 5.53. The molecule has 0 N–H and O–H groups in total. The monoisotopic (exact) mass is 290 g/mol. The molecule has 6 heteroatoms. The van der Waals surface area contributed by atoms with Gasteiger partial charge in [0.15, 0.2) is 0 Å². The molecule has 0 radical (unpaired) electrons. The summed E-state index contributed by atoms with van der Waals surface area (Å²) in [5.41, 5.74) is -2.29. The number of benzene rings is 2. The molecule has 0 unspecified atom stereocenters. The zero-order chi connectivity index (χ0) is 15.1. The summed E-state index contributed by atoms with van der Waals surface area (Å²) in [6.07, 6.45) is -5.16. The zero-order valence-electron chi connectivity index (χ0n) is 10.2. The minimum atomic E-state index is -5.16. The van der Waals surface area contributed by atoms with Gasteiger partial charge >= 0.3 is 6.18 Å². The molecule has 0 aromatic heterocycles. The van der Waals surface area contributed by atoms with Crippen molar-refractivity contribution in [2.24, 2.45) is 0 Å². The van der Waals surface area contributed by atoms with Crippen molar-refractivity contribution >= 4 is 0 Å². The molecule has 0 fully saturated rings. The maximum Gasteiger partial charge on any atom is 0.422 e. The van der Waals surface area contributed by atoms with Gasteiger partial charge in [0.1, 0.15) is 23.0 Å². The fraction of sp³-hybridized carbons (Fsp3) is 0.143. The predicted octanol–water partition coefficient (Wildman–Crippen LogP) is 5.10. The molecule has 0 nitrogen and oxygen atoms in total. The zero-order valence-corrected chi connectivity index (χ0v) is 10.2. The van der Waals surface area contributed by atoms with Gasteiger partial charge in [-0.25, -0.2) is 13.2 Å². The summed E-state index contributed by atoms with van der Waals surface area (Å²) in [4.78, 5) is 0. The Morgan fingerprint density at radius 1 is 0.850 bits per heavy atom. The van der Waals surface area contributed by atoms with Crippen molar-refractivity contribution in [2.75, 3.05) is 0 Å². The topological polar surface area (TPSA) is 0 Å². The average molecular weight is 290 g/mol. The Hall–Kier alpha value is -1.98. The Balaban J connectivity index is 2.67. The largest absolute Gasteiger partial charge is 0.422 e. The van der Waals surface area contributed by atoms with E-state index in [1.54, 1.807) is 0 Å². The van der Waals surface area contributed by atoms with E-state index in [9.17, 15) is 26.3 Å². The SMILES string of the molecule is Cc1ccc(-c2ccc(F)c(C(F)(F)F)c2F)cc1F. The van der Waals surface area contributed by atoms with Gasteiger partial charge < -0.3 is 0 Å². The van der Waals surface area contributed by atoms with Crippen LogP contribution in [0.3, 0.4) is 0 Å². The number of aryl methyl sites for hydroxylation is 1. The molecule has 20 heavy (non-hydrogen) atoms. The molecule has 0 amide bonds. The summed E-state index contributed by atoms with van der Waals surface area (Å²) in [7, 11) is 0. The molecule has 0 aliphatic carbocycles. The van der Waals surface area contributed by atoms with E-state index in [0.29, 0.717) is 6.07 Å². The van der Waals surface area contributed by atoms with Crippen LogP contribution < -0.4 is 0 Å². The maximum absolute atomic E-state index is 13.9. The summed E-state index contributed by atoms with van der Waals surface area (Å²) in [6, 6.07) is 4.85. The quantitative estimate of drug-likeness (QED) is 0.641. The van der Waals surface area contributed by atoms with Crippen LogP contribution in [0.1, 0.15) is 11.1 Å². The van der Waals surface area contributed by atoms with E-state index in [4.69, 9.17) is 0 Å². The van der Waals surface area contributed by atoms with Crippen LogP contribution in [0.5, 0.6) is 0 Å². The lowest BCUT2D eigenvalue weighted by Crippen LogP contribution is -2.12. The van der Waals surface area contributed by atoms with Gasteiger partial charge in [0.05, 0.1) is 0 Å². The van der Waals surface area contributed by atoms with Crippen molar-refractivity contribution in [3.05, 3.63) is 58.9 Å². The highest BCUT2D eigenvalue weighted by Gasteiger charge is 2.38. The average Bonchev–Trinajstić information content (AvgIpc) is 2.31. The second-order valence-electron chi connectivity index (χ2n) is 4.25. The van der Waals surface area contributed by atoms with Crippen molar-refractivity contribution in [1.82, 2.24) is 0 Å². The number of rotatable bonds is 1. The van der Waals surface area contributed by atoms with Gasteiger partial charge in [-0.3, -0.25) is 0 Å². The second-order valence-corrected chi connectivity index (χ2v) is 4.25. The molecule has 0 saturated carbocycles. The third-order valence-corrected chi connectivity index (χ3v) is 2.86. The van der Waals surface area contributed by atoms with Crippen LogP contribution in [-0.4, -0.2) is 0 Å². The third kappa shape index (κ3) is 2.50. The molecular formula is C14H8F6. The lowest BCUT2D eigenvalue weighted by Gasteiger charge is -2.13. The van der Waals surface area contributed by atoms with Gasteiger partial charge in [-0.1, -0.05) is 12.1 Å². The fourth-order valence-corrected chi connectivity index (χ4v) is 1.80. The lowest BCUT2D eigenvalue weighted by atomic mass is 10.00. The van der Waals surface area contributed by atoms with E-state index in [2.05, 4.69) is 0 Å². The van der Waals surface area contributed by atoms with Crippen LogP contribution in [0.2, 0.25) is 0 Å². The van der Waals surface area contributed by atoms with Crippen LogP contribution in [0.15, 0.2) is 30.3 Å². The maximum atomic E-state index is 13.9. The van der Waals surface area contributed by atoms with Gasteiger partial charge in [0.25, 0.3) is 0 Å². The summed E-state index contributed by atoms with van der Waals surface area (Å²) >= 11 is 0. The fourth-order valence-electron chi connectivity index (χ4n) is 1.80. The highest BCUT2D eigenvalue weighted by molar-refractivity contribution is 5.66. The molecule has 106 valence electrons. The molecule has 0 heterocycles. The van der Waals surface area contributed by atoms with E-state index in [-0.39, 0.29) is 11.1 Å². The van der Waals surface area contributed by atoms with Gasteiger partial charge in [-0.2, -0.15) is 13.2 Å². The molecule has 0 atom stereocenters. The number of hydrogen-bond donors (Lipinski definition) is 0. The first kappa shape index (κ1) is 14.4. The van der Waals surface area contributed by atoms with Crippen LogP contribution in [0.25, 0.3) is 11.1 Å². The molecule has 0 aliphatic heterocycles. The minimum Gasteiger partial charge on any atom is -0.207 e. The van der Waals surface area contributed by atoms with Crippen molar-refractivity contribution in [3.8, 4) is 11.1 Å². The number of halogens is 6. The Labute approximate surface area is 110 Å². The molecule has 0 spiro atoms. The first-order valence-corrected chi connectivity index (χ1v) is 5.53. The smallest absolute Gasteiger partial charge is 0.207 e. The number of hydrogen-bond acceptors (Lipinski definition) is 0. The van der Waals surface area contributed by atoms with E-state index in [1.165, 1.54) is 19.1 Å². The molecule has 0 bridgehead atoms. The van der Waals surface area contributed by atoms with Gasteiger partial charge in [0, 0.05) is 5.56 Å². The third-order valence-electron chi connectivity index (χ3n) is 2.86. The van der Waals surface area contributed by atoms with E-state index < -0.39 is 34.8 Å². The minimum absolute atomic E-state index is 0.0869. The van der Waals surface area contributed by atoms with E-state index in [0.717, 1.165) is 12.1 Å². The standard InChI is InChI=1S/C14H8F6/c1-7-2-3-8(6-11(7)16)9-4-5-10(15)12(13(9)17)14(18,19)20/h2-6H,1H3. The molecule has 2 aromatic rings. The van der Waals surface area contributed by atoms with Crippen molar-refractivity contribution in [2.45, 2.75) is 13.1 Å². The summed E-state index contributed by atoms with van der Waals surface area (Å²) < 4.78 is 78.2. The lowest BCUT2D eigenvalue weighted by molar-refractivity contribution is -0.142. The molecule has 0 aliphatic rings. The Bertz CT molecular complexity index is 657.